The molecule has 4 atom stereocenters. The number of fused-ring (bicyclic) bond motifs is 1. The summed E-state index contributed by atoms with van der Waals surface area (Å²) in [4.78, 5) is 40.6. The lowest BCUT2D eigenvalue weighted by Crippen LogP contribution is -2.72. The summed E-state index contributed by atoms with van der Waals surface area (Å²) >= 11 is 0. The number of carbonyl (C=O) groups excluding carboxylic acids is 2. The Labute approximate surface area is 271 Å². The molecule has 3 aliphatic carbocycles. The summed E-state index contributed by atoms with van der Waals surface area (Å²) in [5, 5.41) is 33.0. The van der Waals surface area contributed by atoms with Crippen LogP contribution in [0.1, 0.15) is 103 Å². The van der Waals surface area contributed by atoms with Crippen LogP contribution in [0.25, 0.3) is 0 Å². The molecule has 1 aromatic rings. The number of rotatable bonds is 10. The fraction of sp³-hybridized carbons (Fsp3) is 0.500. The van der Waals surface area contributed by atoms with Gasteiger partial charge >= 0.3 is 5.97 Å². The first-order valence-corrected chi connectivity index (χ1v) is 16.1. The molecule has 0 amide bonds. The standard InChI is InChI=1S/C38H46O8/c1-20(2)10-9-11-22(5)13-15-25-30(39)26(14-12-21(3)4)33-29(31(25)40)32(41)27-18-24-19-28-36(7,8)46-37(34(24)42,38(27,28)45-33)17-16-23(6)35(43)44/h10,12-13,16,18,24,28,39-40H,9,11,14-15,17,19H2,1-8H3,(H,43,44)/t24-,28-,37+,38+/m0/s1. The number of carbonyl (C=O) groups is 3. The van der Waals surface area contributed by atoms with Gasteiger partial charge < -0.3 is 24.8 Å². The highest BCUT2D eigenvalue weighted by atomic mass is 16.6. The lowest BCUT2D eigenvalue weighted by molar-refractivity contribution is -0.171. The largest absolute Gasteiger partial charge is 0.507 e. The second-order valence-electron chi connectivity index (χ2n) is 14.4. The van der Waals surface area contributed by atoms with Gasteiger partial charge in [0.25, 0.3) is 0 Å². The Morgan fingerprint density at radius 3 is 2.22 bits per heavy atom. The monoisotopic (exact) mass is 630 g/mol. The van der Waals surface area contributed by atoms with E-state index in [-0.39, 0.29) is 64.6 Å². The number of hydrogen-bond acceptors (Lipinski definition) is 7. The van der Waals surface area contributed by atoms with E-state index >= 15 is 0 Å². The van der Waals surface area contributed by atoms with Crippen LogP contribution in [-0.4, -0.2) is 49.7 Å². The van der Waals surface area contributed by atoms with Crippen molar-refractivity contribution in [3.8, 4) is 17.2 Å². The summed E-state index contributed by atoms with van der Waals surface area (Å²) in [6.45, 7) is 15.2. The second kappa shape index (κ2) is 11.7. The highest BCUT2D eigenvalue weighted by Gasteiger charge is 2.81. The average molecular weight is 631 g/mol. The highest BCUT2D eigenvalue weighted by Crippen LogP contribution is 2.68. The van der Waals surface area contributed by atoms with E-state index in [2.05, 4.69) is 19.9 Å². The van der Waals surface area contributed by atoms with Crippen molar-refractivity contribution in [1.82, 2.24) is 0 Å². The van der Waals surface area contributed by atoms with Gasteiger partial charge in [-0.3, -0.25) is 9.59 Å². The van der Waals surface area contributed by atoms with Gasteiger partial charge in [0.1, 0.15) is 22.8 Å². The molecule has 2 heterocycles. The summed E-state index contributed by atoms with van der Waals surface area (Å²) < 4.78 is 13.6. The first kappa shape index (κ1) is 33.5. The molecule has 0 unspecified atom stereocenters. The Morgan fingerprint density at radius 2 is 1.59 bits per heavy atom. The Hall–Kier alpha value is -3.91. The number of allylic oxidation sites excluding steroid dienone is 7. The van der Waals surface area contributed by atoms with Crippen molar-refractivity contribution in [1.29, 1.82) is 0 Å². The van der Waals surface area contributed by atoms with Crippen LogP contribution in [0.3, 0.4) is 0 Å². The normalized spacial score (nSPS) is 27.4. The number of Topliss-reactive ketones (excluding diaryl/α,β-unsaturated/α-hetero) is 2. The van der Waals surface area contributed by atoms with Crippen molar-refractivity contribution in [2.45, 2.75) is 111 Å². The molecule has 0 radical (unpaired) electrons. The van der Waals surface area contributed by atoms with Gasteiger partial charge in [0.05, 0.1) is 5.60 Å². The van der Waals surface area contributed by atoms with Crippen molar-refractivity contribution in [2.24, 2.45) is 11.8 Å². The molecule has 3 N–H and O–H groups in total. The Bertz CT molecular complexity index is 1670. The number of aromatic hydroxyl groups is 2. The van der Waals surface area contributed by atoms with E-state index in [1.165, 1.54) is 18.6 Å². The number of phenolic OH excluding ortho intramolecular Hbond substituents is 2. The lowest BCUT2D eigenvalue weighted by Gasteiger charge is -2.56. The molecule has 1 spiro atoms. The molecule has 8 nitrogen and oxygen atoms in total. The molecule has 0 aromatic heterocycles. The molecule has 5 aliphatic rings. The van der Waals surface area contributed by atoms with Crippen LogP contribution in [0.15, 0.2) is 58.2 Å². The number of aliphatic carboxylic acids is 1. The Kier molecular flexibility index (Phi) is 8.52. The number of carboxylic acid groups (broad SMARTS) is 1. The third kappa shape index (κ3) is 5.05. The molecule has 46 heavy (non-hydrogen) atoms. The minimum Gasteiger partial charge on any atom is -0.507 e. The molecule has 1 saturated carbocycles. The zero-order chi connectivity index (χ0) is 33.9. The van der Waals surface area contributed by atoms with E-state index in [1.54, 1.807) is 6.08 Å². The summed E-state index contributed by atoms with van der Waals surface area (Å²) in [7, 11) is 0. The predicted octanol–water partition coefficient (Wildman–Crippen LogP) is 7.27. The number of ketones is 2. The highest BCUT2D eigenvalue weighted by molar-refractivity contribution is 6.18. The zero-order valence-electron chi connectivity index (χ0n) is 28.2. The van der Waals surface area contributed by atoms with Crippen LogP contribution < -0.4 is 4.74 Å². The van der Waals surface area contributed by atoms with Crippen LogP contribution in [0.5, 0.6) is 17.2 Å². The first-order chi connectivity index (χ1) is 21.5. The van der Waals surface area contributed by atoms with Crippen LogP contribution in [0, 0.1) is 11.8 Å². The fourth-order valence-electron chi connectivity index (χ4n) is 7.80. The van der Waals surface area contributed by atoms with Crippen molar-refractivity contribution >= 4 is 17.5 Å². The third-order valence-electron chi connectivity index (χ3n) is 10.2. The van der Waals surface area contributed by atoms with Gasteiger partial charge in [-0.25, -0.2) is 4.79 Å². The third-order valence-corrected chi connectivity index (χ3v) is 10.2. The lowest BCUT2D eigenvalue weighted by atomic mass is 9.51. The summed E-state index contributed by atoms with van der Waals surface area (Å²) in [6.07, 6.45) is 11.6. The summed E-state index contributed by atoms with van der Waals surface area (Å²) in [6, 6.07) is 0. The van der Waals surface area contributed by atoms with Gasteiger partial charge in [-0.15, -0.1) is 0 Å². The Morgan fingerprint density at radius 1 is 0.935 bits per heavy atom. The SMILES string of the molecule is CC(C)=CCCC(C)=CCc1c(O)c(CC=C(C)C)c2c(c1O)C(=O)C1=C[C@H]3C[C@H]4C(C)(C)O[C@](CC=C(C)C(=O)O)(C3=O)[C@@]14O2. The minimum atomic E-state index is -1.67. The number of phenols is 2. The number of benzene rings is 1. The molecule has 2 aliphatic heterocycles. The van der Waals surface area contributed by atoms with Gasteiger partial charge in [0.2, 0.25) is 0 Å². The van der Waals surface area contributed by atoms with E-state index in [1.807, 2.05) is 46.8 Å². The van der Waals surface area contributed by atoms with Gasteiger partial charge in [0.15, 0.2) is 22.8 Å². The second-order valence-corrected chi connectivity index (χ2v) is 14.4. The van der Waals surface area contributed by atoms with E-state index in [9.17, 15) is 29.7 Å². The Balaban J connectivity index is 1.71. The molecular weight excluding hydrogens is 584 g/mol. The summed E-state index contributed by atoms with van der Waals surface area (Å²) in [5.41, 5.74) is 0.0623. The number of hydrogen-bond donors (Lipinski definition) is 3. The molecule has 4 bridgehead atoms. The van der Waals surface area contributed by atoms with Gasteiger partial charge in [-0.1, -0.05) is 47.1 Å². The van der Waals surface area contributed by atoms with Gasteiger partial charge in [-0.2, -0.15) is 0 Å². The molecular formula is C38H46O8. The maximum Gasteiger partial charge on any atom is 0.330 e. The molecule has 8 heteroatoms. The van der Waals surface area contributed by atoms with Crippen LogP contribution in [-0.2, 0) is 27.2 Å². The van der Waals surface area contributed by atoms with Crippen LogP contribution in [0.4, 0.5) is 0 Å². The maximum absolute atomic E-state index is 14.7. The quantitative estimate of drug-likeness (QED) is 0.182. The molecule has 1 aromatic carbocycles. The molecule has 6 rings (SSSR count). The van der Waals surface area contributed by atoms with Crippen molar-refractivity contribution in [2.75, 3.05) is 0 Å². The summed E-state index contributed by atoms with van der Waals surface area (Å²) in [5.74, 6) is -3.33. The first-order valence-electron chi connectivity index (χ1n) is 16.1. The van der Waals surface area contributed by atoms with Crippen molar-refractivity contribution in [3.63, 3.8) is 0 Å². The fourth-order valence-corrected chi connectivity index (χ4v) is 7.80. The average Bonchev–Trinajstić information content (AvgIpc) is 3.12. The number of carboxylic acids is 1. The van der Waals surface area contributed by atoms with Gasteiger partial charge in [-0.05, 0) is 87.5 Å². The van der Waals surface area contributed by atoms with Crippen LogP contribution >= 0.6 is 0 Å². The molecule has 246 valence electrons. The smallest absolute Gasteiger partial charge is 0.330 e. The topological polar surface area (TPSA) is 130 Å². The van der Waals surface area contributed by atoms with E-state index in [0.717, 1.165) is 24.0 Å². The van der Waals surface area contributed by atoms with E-state index in [4.69, 9.17) is 9.47 Å². The molecule has 2 fully saturated rings. The zero-order valence-corrected chi connectivity index (χ0v) is 28.2. The van der Waals surface area contributed by atoms with Crippen molar-refractivity contribution < 1.29 is 39.2 Å². The predicted molar refractivity (Wildman–Crippen MR) is 175 cm³/mol. The molecule has 1 saturated heterocycles. The van der Waals surface area contributed by atoms with E-state index in [0.29, 0.717) is 12.0 Å². The maximum atomic E-state index is 14.7. The van der Waals surface area contributed by atoms with Crippen LogP contribution in [0.2, 0.25) is 0 Å². The van der Waals surface area contributed by atoms with Gasteiger partial charge in [0, 0.05) is 40.5 Å². The van der Waals surface area contributed by atoms with Crippen molar-refractivity contribution in [3.05, 3.63) is 74.9 Å². The minimum absolute atomic E-state index is 0.0259. The van der Waals surface area contributed by atoms with E-state index < -0.39 is 40.4 Å². The number of ether oxygens (including phenoxy) is 2.